The number of phenolic OH excluding ortho intramolecular Hbond substituents is 1. The quantitative estimate of drug-likeness (QED) is 0.819. The van der Waals surface area contributed by atoms with E-state index in [9.17, 15) is 9.90 Å². The number of methoxy groups -OCH3 is 1. The van der Waals surface area contributed by atoms with Crippen molar-refractivity contribution in [3.8, 4) is 11.5 Å². The molecule has 100 valence electrons. The van der Waals surface area contributed by atoms with Crippen LogP contribution >= 0.6 is 15.9 Å². The average molecular weight is 316 g/mol. The summed E-state index contributed by atoms with van der Waals surface area (Å²) in [5, 5.41) is 12.3. The molecule has 0 aliphatic rings. The van der Waals surface area contributed by atoms with Crippen LogP contribution in [0.1, 0.15) is 19.4 Å². The predicted octanol–water partition coefficient (Wildman–Crippen LogP) is 2.23. The third-order valence-electron chi connectivity index (χ3n) is 2.48. The summed E-state index contributed by atoms with van der Waals surface area (Å²) >= 11 is 3.30. The Kier molecular flexibility index (Phi) is 5.02. The van der Waals surface area contributed by atoms with Crippen molar-refractivity contribution in [2.24, 2.45) is 0 Å². The Hall–Kier alpha value is -1.23. The maximum atomic E-state index is 11.6. The number of aromatic hydroxyl groups is 1. The lowest BCUT2D eigenvalue weighted by molar-refractivity contribution is -0.122. The van der Waals surface area contributed by atoms with Crippen LogP contribution in [0.4, 0.5) is 0 Å². The van der Waals surface area contributed by atoms with E-state index in [-0.39, 0.29) is 11.7 Å². The van der Waals surface area contributed by atoms with Crippen molar-refractivity contribution in [1.82, 2.24) is 5.32 Å². The van der Waals surface area contributed by atoms with Gasteiger partial charge in [0.05, 0.1) is 11.4 Å². The van der Waals surface area contributed by atoms with Crippen molar-refractivity contribution in [3.05, 3.63) is 23.8 Å². The van der Waals surface area contributed by atoms with Crippen LogP contribution in [0.25, 0.3) is 0 Å². The SMILES string of the molecule is COc1cc(CCNC(=O)C(C)(C)Br)ccc1O. The van der Waals surface area contributed by atoms with Gasteiger partial charge in [0, 0.05) is 6.54 Å². The lowest BCUT2D eigenvalue weighted by Gasteiger charge is -2.15. The molecule has 0 aromatic heterocycles. The van der Waals surface area contributed by atoms with E-state index in [2.05, 4.69) is 21.2 Å². The topological polar surface area (TPSA) is 58.6 Å². The molecule has 0 saturated heterocycles. The van der Waals surface area contributed by atoms with E-state index in [4.69, 9.17) is 4.74 Å². The molecule has 4 nitrogen and oxygen atoms in total. The number of carbonyl (C=O) groups is 1. The molecule has 0 aliphatic carbocycles. The van der Waals surface area contributed by atoms with E-state index in [0.717, 1.165) is 5.56 Å². The molecule has 0 unspecified atom stereocenters. The second-order valence-corrected chi connectivity index (χ2v) is 6.47. The first-order chi connectivity index (χ1) is 8.34. The first kappa shape index (κ1) is 14.8. The Morgan fingerprint density at radius 3 is 2.72 bits per heavy atom. The maximum Gasteiger partial charge on any atom is 0.236 e. The van der Waals surface area contributed by atoms with Crippen LogP contribution in [0.2, 0.25) is 0 Å². The zero-order valence-corrected chi connectivity index (χ0v) is 12.4. The molecule has 0 aliphatic heterocycles. The monoisotopic (exact) mass is 315 g/mol. The number of ether oxygens (including phenoxy) is 1. The molecule has 0 fully saturated rings. The number of rotatable bonds is 5. The van der Waals surface area contributed by atoms with Gasteiger partial charge in [-0.2, -0.15) is 0 Å². The molecule has 1 aromatic rings. The average Bonchev–Trinajstić information content (AvgIpc) is 2.30. The lowest BCUT2D eigenvalue weighted by atomic mass is 10.1. The fourth-order valence-corrected chi connectivity index (χ4v) is 1.55. The Labute approximate surface area is 115 Å². The van der Waals surface area contributed by atoms with E-state index in [1.54, 1.807) is 26.0 Å². The molecule has 1 aromatic carbocycles. The normalized spacial score (nSPS) is 11.1. The van der Waals surface area contributed by atoms with Gasteiger partial charge in [-0.1, -0.05) is 22.0 Å². The fraction of sp³-hybridized carbons (Fsp3) is 0.462. The zero-order valence-electron chi connectivity index (χ0n) is 10.8. The van der Waals surface area contributed by atoms with Crippen molar-refractivity contribution < 1.29 is 14.6 Å². The summed E-state index contributed by atoms with van der Waals surface area (Å²) in [5.41, 5.74) is 0.998. The maximum absolute atomic E-state index is 11.6. The number of hydrogen-bond donors (Lipinski definition) is 2. The van der Waals surface area contributed by atoms with Gasteiger partial charge in [0.25, 0.3) is 0 Å². The zero-order chi connectivity index (χ0) is 13.8. The van der Waals surface area contributed by atoms with Gasteiger partial charge in [-0.25, -0.2) is 0 Å². The van der Waals surface area contributed by atoms with Crippen molar-refractivity contribution in [2.75, 3.05) is 13.7 Å². The molecule has 5 heteroatoms. The number of nitrogens with one attached hydrogen (secondary N) is 1. The van der Waals surface area contributed by atoms with Gasteiger partial charge in [-0.15, -0.1) is 0 Å². The van der Waals surface area contributed by atoms with E-state index >= 15 is 0 Å². The van der Waals surface area contributed by atoms with Crippen LogP contribution in [0.5, 0.6) is 11.5 Å². The van der Waals surface area contributed by atoms with Crippen LogP contribution in [-0.2, 0) is 11.2 Å². The number of alkyl halides is 1. The molecule has 0 heterocycles. The molecule has 1 rings (SSSR count). The van der Waals surface area contributed by atoms with E-state index in [1.165, 1.54) is 7.11 Å². The third-order valence-corrected chi connectivity index (χ3v) is 2.84. The Morgan fingerprint density at radius 1 is 1.50 bits per heavy atom. The molecule has 18 heavy (non-hydrogen) atoms. The van der Waals surface area contributed by atoms with Gasteiger partial charge < -0.3 is 15.2 Å². The van der Waals surface area contributed by atoms with Crippen molar-refractivity contribution in [2.45, 2.75) is 24.6 Å². The van der Waals surface area contributed by atoms with Crippen LogP contribution in [0.3, 0.4) is 0 Å². The predicted molar refractivity (Wildman–Crippen MR) is 74.4 cm³/mol. The minimum absolute atomic E-state index is 0.0479. The van der Waals surface area contributed by atoms with E-state index in [1.807, 2.05) is 6.07 Å². The van der Waals surface area contributed by atoms with Crippen molar-refractivity contribution >= 4 is 21.8 Å². The molecular weight excluding hydrogens is 298 g/mol. The molecular formula is C13H18BrNO3. The Balaban J connectivity index is 2.52. The van der Waals surface area contributed by atoms with Crippen molar-refractivity contribution in [1.29, 1.82) is 0 Å². The molecule has 0 spiro atoms. The minimum atomic E-state index is -0.556. The summed E-state index contributed by atoms with van der Waals surface area (Å²) in [6, 6.07) is 5.16. The standard InChI is InChI=1S/C13H18BrNO3/c1-13(2,14)12(17)15-7-6-9-4-5-10(16)11(8-9)18-3/h4-5,8,16H,6-7H2,1-3H3,(H,15,17). The van der Waals surface area contributed by atoms with Gasteiger partial charge in [0.1, 0.15) is 0 Å². The number of amides is 1. The van der Waals surface area contributed by atoms with Crippen LogP contribution in [-0.4, -0.2) is 29.0 Å². The van der Waals surface area contributed by atoms with Gasteiger partial charge in [-0.3, -0.25) is 4.79 Å². The lowest BCUT2D eigenvalue weighted by Crippen LogP contribution is -2.38. The molecule has 0 bridgehead atoms. The van der Waals surface area contributed by atoms with Crippen LogP contribution in [0, 0.1) is 0 Å². The summed E-state index contributed by atoms with van der Waals surface area (Å²) in [4.78, 5) is 11.6. The molecule has 0 radical (unpaired) electrons. The van der Waals surface area contributed by atoms with Crippen molar-refractivity contribution in [3.63, 3.8) is 0 Å². The largest absolute Gasteiger partial charge is 0.504 e. The van der Waals surface area contributed by atoms with Crippen LogP contribution < -0.4 is 10.1 Å². The first-order valence-corrected chi connectivity index (χ1v) is 6.47. The molecule has 1 amide bonds. The van der Waals surface area contributed by atoms with Gasteiger partial charge in [0.15, 0.2) is 11.5 Å². The van der Waals surface area contributed by atoms with E-state index in [0.29, 0.717) is 18.7 Å². The Morgan fingerprint density at radius 2 is 2.17 bits per heavy atom. The highest BCUT2D eigenvalue weighted by Crippen LogP contribution is 2.26. The molecule has 2 N–H and O–H groups in total. The molecule has 0 saturated carbocycles. The summed E-state index contributed by atoms with van der Waals surface area (Å²) in [6.45, 7) is 4.14. The van der Waals surface area contributed by atoms with Crippen LogP contribution in [0.15, 0.2) is 18.2 Å². The summed E-state index contributed by atoms with van der Waals surface area (Å²) in [6.07, 6.45) is 0.686. The summed E-state index contributed by atoms with van der Waals surface area (Å²) in [5.74, 6) is 0.514. The number of benzene rings is 1. The van der Waals surface area contributed by atoms with E-state index < -0.39 is 4.32 Å². The number of halogens is 1. The summed E-state index contributed by atoms with van der Waals surface area (Å²) in [7, 11) is 1.51. The molecule has 0 atom stereocenters. The first-order valence-electron chi connectivity index (χ1n) is 5.67. The number of phenols is 1. The highest BCUT2D eigenvalue weighted by atomic mass is 79.9. The third kappa shape index (κ3) is 4.22. The highest BCUT2D eigenvalue weighted by Gasteiger charge is 2.22. The number of hydrogen-bond acceptors (Lipinski definition) is 3. The second kappa shape index (κ2) is 6.09. The van der Waals surface area contributed by atoms with Gasteiger partial charge >= 0.3 is 0 Å². The second-order valence-electron chi connectivity index (χ2n) is 4.48. The van der Waals surface area contributed by atoms with Gasteiger partial charge in [0.2, 0.25) is 5.91 Å². The summed E-state index contributed by atoms with van der Waals surface area (Å²) < 4.78 is 4.47. The minimum Gasteiger partial charge on any atom is -0.504 e. The number of carbonyl (C=O) groups excluding carboxylic acids is 1. The Bertz CT molecular complexity index is 427. The smallest absolute Gasteiger partial charge is 0.236 e. The fourth-order valence-electron chi connectivity index (χ4n) is 1.41. The van der Waals surface area contributed by atoms with Gasteiger partial charge in [-0.05, 0) is 38.0 Å². The highest BCUT2D eigenvalue weighted by molar-refractivity contribution is 9.10.